The molecule has 14 heterocycles. The third kappa shape index (κ3) is 18.1. The second kappa shape index (κ2) is 37.9. The van der Waals surface area contributed by atoms with Gasteiger partial charge in [-0.15, -0.1) is 0 Å². The van der Waals surface area contributed by atoms with Crippen LogP contribution >= 0.6 is 0 Å². The Labute approximate surface area is 867 Å². The maximum absolute atomic E-state index is 13.0. The van der Waals surface area contributed by atoms with Crippen molar-refractivity contribution < 1.29 is 66.5 Å². The summed E-state index contributed by atoms with van der Waals surface area (Å²) in [6.45, 7) is 32.8. The van der Waals surface area contributed by atoms with Crippen LogP contribution < -0.4 is 34.4 Å². The molecule has 34 nitrogen and oxygen atoms in total. The van der Waals surface area contributed by atoms with E-state index in [1.807, 2.05) is 93.5 Å². The van der Waals surface area contributed by atoms with E-state index < -0.39 is 49.0 Å². The van der Waals surface area contributed by atoms with Gasteiger partial charge < -0.3 is 102 Å². The van der Waals surface area contributed by atoms with E-state index >= 15 is 0 Å². The van der Waals surface area contributed by atoms with Gasteiger partial charge in [0, 0.05) is 167 Å². The summed E-state index contributed by atoms with van der Waals surface area (Å²) in [7, 11) is 0. The highest BCUT2D eigenvalue weighted by atomic mass is 19.4. The molecule has 150 heavy (non-hydrogen) atoms. The minimum atomic E-state index is -4.75. The average molecular weight is 2070 g/mol. The number of aryl methyl sites for hydroxylation is 6. The number of nitrogens with two attached hydrogens (primary N) is 6. The van der Waals surface area contributed by atoms with Gasteiger partial charge >= 0.3 is 12.4 Å². The number of ether oxygens (including phenoxy) is 2. The summed E-state index contributed by atoms with van der Waals surface area (Å²) in [6.07, 6.45) is 23.9. The Hall–Kier alpha value is -11.9. The van der Waals surface area contributed by atoms with Crippen molar-refractivity contribution >= 4 is 34.9 Å². The number of nitrogen functional groups attached to an aromatic ring is 6. The number of aromatic nitrogens is 18. The lowest BCUT2D eigenvalue weighted by molar-refractivity contribution is -0.222. The lowest BCUT2D eigenvalue weighted by atomic mass is 9.43. The molecule has 12 aromatic heterocycles. The number of nitrogens with zero attached hydrogens (tertiary/aromatic N) is 20. The number of morpholine rings is 2. The highest BCUT2D eigenvalue weighted by Gasteiger charge is 2.73. The first-order valence-corrected chi connectivity index (χ1v) is 52.8. The van der Waals surface area contributed by atoms with Crippen molar-refractivity contribution in [3.63, 3.8) is 0 Å². The third-order valence-electron chi connectivity index (χ3n) is 35.5. The Morgan fingerprint density at radius 1 is 0.287 bits per heavy atom. The molecule has 32 rings (SSSR count). The lowest BCUT2D eigenvalue weighted by Gasteiger charge is -2.74. The molecular weight excluding hydrogens is 1930 g/mol. The monoisotopic (exact) mass is 2070 g/mol. The van der Waals surface area contributed by atoms with Crippen LogP contribution in [0.15, 0.2) is 111 Å². The highest BCUT2D eigenvalue weighted by molar-refractivity contribution is 5.68. The van der Waals surface area contributed by atoms with E-state index in [9.17, 15) is 57.0 Å². The van der Waals surface area contributed by atoms with E-state index in [4.69, 9.17) is 58.8 Å². The molecule has 12 bridgehead atoms. The van der Waals surface area contributed by atoms with Gasteiger partial charge in [-0.3, -0.25) is 9.80 Å². The van der Waals surface area contributed by atoms with E-state index in [0.29, 0.717) is 80.3 Å². The van der Waals surface area contributed by atoms with Crippen LogP contribution in [-0.2, 0) is 42.7 Å². The van der Waals surface area contributed by atoms with Crippen molar-refractivity contribution in [2.24, 2.45) is 41.4 Å². The molecule has 0 spiro atoms. The van der Waals surface area contributed by atoms with Gasteiger partial charge in [-0.1, -0.05) is 41.5 Å². The lowest BCUT2D eigenvalue weighted by Crippen LogP contribution is -2.79. The van der Waals surface area contributed by atoms with E-state index in [1.54, 1.807) is 70.1 Å². The molecule has 18 N–H and O–H groups in total. The number of anilines is 6. The largest absolute Gasteiger partial charge is 0.421 e. The first kappa shape index (κ1) is 104. The number of aliphatic hydroxyl groups excluding tert-OH is 6. The predicted octanol–water partition coefficient (Wildman–Crippen LogP) is 16.3. The number of aliphatic hydroxyl groups is 6. The molecule has 800 valence electrons. The molecule has 40 heteroatoms. The quantitative estimate of drug-likeness (QED) is 0.0265. The van der Waals surface area contributed by atoms with Crippen molar-refractivity contribution in [3.05, 3.63) is 179 Å². The van der Waals surface area contributed by atoms with Crippen LogP contribution in [0.1, 0.15) is 269 Å². The summed E-state index contributed by atoms with van der Waals surface area (Å²) in [5.74, 6) is 8.65. The number of hydrogen-bond donors (Lipinski definition) is 12. The Kier molecular flexibility index (Phi) is 26.2. The fourth-order valence-electron chi connectivity index (χ4n) is 25.9. The molecule has 2 aliphatic heterocycles. The molecule has 0 aromatic carbocycles. The molecule has 20 aliphatic rings. The van der Waals surface area contributed by atoms with Gasteiger partial charge in [0.15, 0.2) is 0 Å². The minimum Gasteiger partial charge on any atom is -0.385 e. The van der Waals surface area contributed by atoms with Crippen LogP contribution in [-0.4, -0.2) is 204 Å². The zero-order chi connectivity index (χ0) is 106. The van der Waals surface area contributed by atoms with Crippen LogP contribution in [0.3, 0.4) is 0 Å². The van der Waals surface area contributed by atoms with Gasteiger partial charge in [0.2, 0.25) is 12.2 Å². The molecule has 2 saturated heterocycles. The van der Waals surface area contributed by atoms with Crippen LogP contribution in [0.2, 0.25) is 0 Å². The van der Waals surface area contributed by atoms with E-state index in [1.165, 1.54) is 60.1 Å². The number of rotatable bonds is 23. The van der Waals surface area contributed by atoms with Gasteiger partial charge in [0.25, 0.3) is 0 Å². The summed E-state index contributed by atoms with van der Waals surface area (Å²) in [5, 5.41) is 62.0. The normalized spacial score (nSPS) is 28.2. The first-order valence-electron chi connectivity index (χ1n) is 52.8. The Bertz CT molecular complexity index is 6730. The van der Waals surface area contributed by atoms with E-state index in [0.717, 1.165) is 243 Å². The summed E-state index contributed by atoms with van der Waals surface area (Å²) in [4.78, 5) is 57.8. The maximum Gasteiger partial charge on any atom is 0.421 e. The highest BCUT2D eigenvalue weighted by Crippen LogP contribution is 2.72. The Morgan fingerprint density at radius 2 is 0.473 bits per heavy atom. The van der Waals surface area contributed by atoms with Crippen LogP contribution in [0.25, 0.3) is 67.5 Å². The fourth-order valence-corrected chi connectivity index (χ4v) is 25.9. The summed E-state index contributed by atoms with van der Waals surface area (Å²) in [5.41, 5.74) is 49.8. The number of pyridine rings is 6. The van der Waals surface area contributed by atoms with Gasteiger partial charge in [-0.2, -0.15) is 26.3 Å². The number of hydrogen-bond acceptors (Lipinski definition) is 28. The minimum absolute atomic E-state index is 0.0883. The molecule has 6 unspecified atom stereocenters. The van der Waals surface area contributed by atoms with Gasteiger partial charge in [-0.25, -0.2) is 59.8 Å². The predicted molar refractivity (Wildman–Crippen MR) is 555 cm³/mol. The number of halogens is 6. The molecule has 20 fully saturated rings. The number of alkyl halides is 6. The second-order valence-corrected chi connectivity index (χ2v) is 47.3. The Balaban J connectivity index is 0.000000105. The van der Waals surface area contributed by atoms with Crippen LogP contribution in [0.5, 0.6) is 0 Å². The zero-order valence-electron chi connectivity index (χ0n) is 87.5. The van der Waals surface area contributed by atoms with Gasteiger partial charge in [0.05, 0.1) is 71.7 Å². The van der Waals surface area contributed by atoms with E-state index in [-0.39, 0.29) is 62.6 Å². The van der Waals surface area contributed by atoms with Gasteiger partial charge in [-0.05, 0) is 275 Å². The average Bonchev–Trinajstić information content (AvgIpc) is 1.09. The molecule has 18 saturated carbocycles. The van der Waals surface area contributed by atoms with Gasteiger partial charge in [0.1, 0.15) is 94.3 Å². The van der Waals surface area contributed by atoms with Crippen LogP contribution in [0.4, 0.5) is 61.2 Å². The standard InChI is InChI=1S/2C22H31N5O2.C18H24N4O.2C16H17F3N4O.C16H20N4O/c2*1-14(2)18(28)20-25-17(16-8-15(3)19(23)24-9-16)10-27(20)22-11-21(12-22,13-22)26-4-6-29-7-5-26;1-10(2)15(23)17-21-14(13-4-11(3)16(19)20-8-13)9-22(17)18-5-12(6-18)7-18;2*1-8-2-10(6-21-13(8)20)11-7-23(15-3-9(4-15)5-15)14(22-11)12(24)16(17,18)19;1-9-3-12(7-18-14(9)17)13-8-20(15(19-13)10(2)21)16-4-11(5-16)6-16/h2*8-10,14,18,28H,4-7,11-13H2,1-3H3,(H2,23,24);4,8-10,12,15,23H,5-7H2,1-3H3,(H2,19,20);2*2,6-7,9,12,24H,3-5H2,1H3,(H2,20,21);3,7-8,10-11,21H,4-6H2,1-2H3,(H2,17,18). The van der Waals surface area contributed by atoms with Crippen molar-refractivity contribution in [1.82, 2.24) is 97.0 Å². The number of imidazole rings is 6. The van der Waals surface area contributed by atoms with Crippen molar-refractivity contribution in [3.8, 4) is 67.5 Å². The molecule has 18 aliphatic carbocycles. The maximum atomic E-state index is 13.0. The third-order valence-corrected chi connectivity index (χ3v) is 35.5. The molecule has 0 amide bonds. The molecule has 12 aromatic rings. The van der Waals surface area contributed by atoms with Crippen molar-refractivity contribution in [2.45, 2.75) is 299 Å². The SMILES string of the molecule is Cc1cc(-c2cn(C34CC(C3)C4)c(C(C)O)n2)cnc1N.Cc1cc(-c2cn(C34CC(C3)C4)c(C(O)C(C)C)n2)cnc1N.Cc1cc(-c2cn(C34CC(C3)C4)c(C(O)C(F)(F)F)n2)cnc1N.Cc1cc(-c2cn(C34CC(C3)C4)c(C(O)C(F)(F)F)n2)cnc1N.Cc1cc(-c2cn(C34CC(N5CCOCC5)(C3)C4)c(C(O)C(C)C)n2)cnc1N.Cc1cc(-c2cn(C34CC(N5CCOCC5)(C3)C4)c(C(O)C(C)C)n2)cnc1N. The van der Waals surface area contributed by atoms with Crippen LogP contribution in [0, 0.1) is 83.0 Å². The first-order chi connectivity index (χ1) is 70.9. The molecular formula is C110H140F6N26O8. The molecule has 6 atom stereocenters. The Morgan fingerprint density at radius 3 is 0.653 bits per heavy atom. The zero-order valence-corrected chi connectivity index (χ0v) is 87.5. The fraction of sp³-hybridized carbons (Fsp3) is 0.564. The van der Waals surface area contributed by atoms with Crippen molar-refractivity contribution in [1.29, 1.82) is 0 Å². The molecule has 0 radical (unpaired) electrons. The smallest absolute Gasteiger partial charge is 0.385 e. The summed E-state index contributed by atoms with van der Waals surface area (Å²) >= 11 is 0. The topological polar surface area (TPSA) is 487 Å². The second-order valence-electron chi connectivity index (χ2n) is 47.3. The van der Waals surface area contributed by atoms with Crippen molar-refractivity contribution in [2.75, 3.05) is 87.0 Å². The van der Waals surface area contributed by atoms with E-state index in [2.05, 4.69) is 97.7 Å². The summed E-state index contributed by atoms with van der Waals surface area (Å²) < 4.78 is 101. The summed E-state index contributed by atoms with van der Waals surface area (Å²) in [6, 6.07) is 11.5.